The molecule has 84 valence electrons. The average Bonchev–Trinajstić information content (AvgIpc) is 2.85. The molecule has 0 aromatic carbocycles. The molecule has 1 aliphatic rings. The third-order valence-corrected chi connectivity index (χ3v) is 3.19. The minimum Gasteiger partial charge on any atom is -0.381 e. The van der Waals surface area contributed by atoms with E-state index in [2.05, 4.69) is 17.2 Å². The molecule has 1 saturated heterocycles. The first-order valence-corrected chi connectivity index (χ1v) is 5.53. The lowest BCUT2D eigenvalue weighted by Gasteiger charge is -2.19. The van der Waals surface area contributed by atoms with Crippen LogP contribution in [0.15, 0.2) is 12.5 Å². The van der Waals surface area contributed by atoms with Crippen molar-refractivity contribution in [3.63, 3.8) is 0 Å². The monoisotopic (exact) mass is 209 g/mol. The van der Waals surface area contributed by atoms with Crippen molar-refractivity contribution in [2.45, 2.75) is 25.9 Å². The van der Waals surface area contributed by atoms with Crippen LogP contribution in [0.1, 0.15) is 19.0 Å². The maximum Gasteiger partial charge on any atom is 0.0945 e. The summed E-state index contributed by atoms with van der Waals surface area (Å²) in [4.78, 5) is 4.10. The Labute approximate surface area is 90.6 Å². The number of nitrogens with one attached hydrogen (secondary N) is 1. The summed E-state index contributed by atoms with van der Waals surface area (Å²) >= 11 is 0. The van der Waals surface area contributed by atoms with Gasteiger partial charge in [-0.05, 0) is 19.3 Å². The Morgan fingerprint density at radius 1 is 1.73 bits per heavy atom. The summed E-state index contributed by atoms with van der Waals surface area (Å²) < 4.78 is 7.43. The lowest BCUT2D eigenvalue weighted by molar-refractivity contribution is 0.178. The van der Waals surface area contributed by atoms with Gasteiger partial charge in [-0.25, -0.2) is 4.98 Å². The fourth-order valence-corrected chi connectivity index (χ4v) is 1.93. The van der Waals surface area contributed by atoms with Gasteiger partial charge in [-0.1, -0.05) is 0 Å². The maximum atomic E-state index is 5.38. The molecule has 1 N–H and O–H groups in total. The van der Waals surface area contributed by atoms with E-state index in [-0.39, 0.29) is 0 Å². The second-order valence-corrected chi connectivity index (χ2v) is 4.29. The fourth-order valence-electron chi connectivity index (χ4n) is 1.93. The predicted molar refractivity (Wildman–Crippen MR) is 58.4 cm³/mol. The lowest BCUT2D eigenvalue weighted by Crippen LogP contribution is -2.33. The molecule has 1 aliphatic heterocycles. The molecule has 0 radical (unpaired) electrons. The zero-order valence-electron chi connectivity index (χ0n) is 9.44. The number of rotatable bonds is 4. The highest BCUT2D eigenvalue weighted by atomic mass is 16.5. The van der Waals surface area contributed by atoms with Gasteiger partial charge in [0.25, 0.3) is 0 Å². The van der Waals surface area contributed by atoms with Gasteiger partial charge >= 0.3 is 0 Å². The summed E-state index contributed by atoms with van der Waals surface area (Å²) in [6.07, 6.45) is 4.92. The van der Waals surface area contributed by atoms with E-state index in [0.717, 1.165) is 19.8 Å². The molecule has 2 rings (SSSR count). The summed E-state index contributed by atoms with van der Waals surface area (Å²) in [6, 6.07) is 0.516. The van der Waals surface area contributed by atoms with Gasteiger partial charge in [0, 0.05) is 32.4 Å². The molecule has 15 heavy (non-hydrogen) atoms. The van der Waals surface area contributed by atoms with Crippen molar-refractivity contribution in [2.75, 3.05) is 13.2 Å². The molecule has 0 amide bonds. The van der Waals surface area contributed by atoms with Crippen molar-refractivity contribution >= 4 is 0 Å². The molecular weight excluding hydrogens is 190 g/mol. The van der Waals surface area contributed by atoms with E-state index in [9.17, 15) is 0 Å². The SMILES string of the molecule is CC(NCc1cncn1C)C1CCOC1. The summed E-state index contributed by atoms with van der Waals surface area (Å²) in [5, 5.41) is 3.53. The van der Waals surface area contributed by atoms with Gasteiger partial charge in [0.2, 0.25) is 0 Å². The quantitative estimate of drug-likeness (QED) is 0.802. The largest absolute Gasteiger partial charge is 0.381 e. The van der Waals surface area contributed by atoms with Crippen LogP contribution in [-0.2, 0) is 18.3 Å². The summed E-state index contributed by atoms with van der Waals surface area (Å²) in [5.41, 5.74) is 1.22. The standard InChI is InChI=1S/C11H19N3O/c1-9(10-3-4-15-7-10)13-6-11-5-12-8-14(11)2/h5,8-10,13H,3-4,6-7H2,1-2H3. The molecule has 0 spiro atoms. The lowest BCUT2D eigenvalue weighted by atomic mass is 10.0. The number of nitrogens with zero attached hydrogens (tertiary/aromatic N) is 2. The van der Waals surface area contributed by atoms with Crippen molar-refractivity contribution in [1.82, 2.24) is 14.9 Å². The van der Waals surface area contributed by atoms with Crippen molar-refractivity contribution in [2.24, 2.45) is 13.0 Å². The third-order valence-electron chi connectivity index (χ3n) is 3.19. The smallest absolute Gasteiger partial charge is 0.0945 e. The Balaban J connectivity index is 1.80. The van der Waals surface area contributed by atoms with Crippen LogP contribution in [0.4, 0.5) is 0 Å². The second kappa shape index (κ2) is 4.77. The van der Waals surface area contributed by atoms with Crippen LogP contribution in [0, 0.1) is 5.92 Å². The minimum absolute atomic E-state index is 0.516. The zero-order valence-corrected chi connectivity index (χ0v) is 9.44. The molecule has 2 atom stereocenters. The highest BCUT2D eigenvalue weighted by Crippen LogP contribution is 2.16. The number of imidazole rings is 1. The molecule has 4 nitrogen and oxygen atoms in total. The van der Waals surface area contributed by atoms with Gasteiger partial charge in [0.1, 0.15) is 0 Å². The van der Waals surface area contributed by atoms with E-state index in [1.807, 2.05) is 24.1 Å². The Morgan fingerprint density at radius 2 is 2.60 bits per heavy atom. The number of hydrogen-bond donors (Lipinski definition) is 1. The fraction of sp³-hybridized carbons (Fsp3) is 0.727. The molecule has 2 heterocycles. The molecule has 1 aromatic heterocycles. The molecule has 2 unspecified atom stereocenters. The van der Waals surface area contributed by atoms with Crippen LogP contribution in [0.2, 0.25) is 0 Å². The van der Waals surface area contributed by atoms with Crippen molar-refractivity contribution in [1.29, 1.82) is 0 Å². The zero-order chi connectivity index (χ0) is 10.7. The molecule has 1 aromatic rings. The molecule has 0 bridgehead atoms. The number of aromatic nitrogens is 2. The van der Waals surface area contributed by atoms with E-state index in [4.69, 9.17) is 4.74 Å². The van der Waals surface area contributed by atoms with Crippen molar-refractivity contribution < 1.29 is 4.74 Å². The van der Waals surface area contributed by atoms with Crippen LogP contribution >= 0.6 is 0 Å². The first kappa shape index (κ1) is 10.6. The number of aryl methyl sites for hydroxylation is 1. The van der Waals surface area contributed by atoms with Gasteiger partial charge in [-0.3, -0.25) is 0 Å². The topological polar surface area (TPSA) is 39.1 Å². The van der Waals surface area contributed by atoms with Crippen LogP contribution in [-0.4, -0.2) is 28.8 Å². The van der Waals surface area contributed by atoms with Gasteiger partial charge in [-0.15, -0.1) is 0 Å². The molecule has 0 aliphatic carbocycles. The normalized spacial score (nSPS) is 23.2. The highest BCUT2D eigenvalue weighted by molar-refractivity contribution is 4.97. The average molecular weight is 209 g/mol. The summed E-state index contributed by atoms with van der Waals surface area (Å²) in [6.45, 7) is 4.94. The van der Waals surface area contributed by atoms with Crippen LogP contribution < -0.4 is 5.32 Å². The maximum absolute atomic E-state index is 5.38. The first-order chi connectivity index (χ1) is 7.27. The Morgan fingerprint density at radius 3 is 3.20 bits per heavy atom. The third kappa shape index (κ3) is 2.58. The Bertz CT molecular complexity index is 305. The van der Waals surface area contributed by atoms with Crippen LogP contribution in [0.5, 0.6) is 0 Å². The van der Waals surface area contributed by atoms with Crippen LogP contribution in [0.25, 0.3) is 0 Å². The van der Waals surface area contributed by atoms with Crippen molar-refractivity contribution in [3.8, 4) is 0 Å². The molecule has 1 fully saturated rings. The molecule has 4 heteroatoms. The van der Waals surface area contributed by atoms with Gasteiger partial charge in [0.15, 0.2) is 0 Å². The first-order valence-electron chi connectivity index (χ1n) is 5.53. The molecular formula is C11H19N3O. The van der Waals surface area contributed by atoms with Gasteiger partial charge in [-0.2, -0.15) is 0 Å². The van der Waals surface area contributed by atoms with E-state index in [0.29, 0.717) is 12.0 Å². The minimum atomic E-state index is 0.516. The molecule has 0 saturated carbocycles. The van der Waals surface area contributed by atoms with Crippen molar-refractivity contribution in [3.05, 3.63) is 18.2 Å². The van der Waals surface area contributed by atoms with Gasteiger partial charge < -0.3 is 14.6 Å². The number of ether oxygens (including phenoxy) is 1. The Hall–Kier alpha value is -0.870. The highest BCUT2D eigenvalue weighted by Gasteiger charge is 2.21. The van der Waals surface area contributed by atoms with E-state index < -0.39 is 0 Å². The van der Waals surface area contributed by atoms with E-state index >= 15 is 0 Å². The Kier molecular flexibility index (Phi) is 3.38. The summed E-state index contributed by atoms with van der Waals surface area (Å²) in [7, 11) is 2.02. The summed E-state index contributed by atoms with van der Waals surface area (Å²) in [5.74, 6) is 0.665. The van der Waals surface area contributed by atoms with E-state index in [1.165, 1.54) is 12.1 Å². The van der Waals surface area contributed by atoms with Gasteiger partial charge in [0.05, 0.1) is 18.6 Å². The van der Waals surface area contributed by atoms with E-state index in [1.54, 1.807) is 0 Å². The number of hydrogen-bond acceptors (Lipinski definition) is 3. The van der Waals surface area contributed by atoms with Crippen LogP contribution in [0.3, 0.4) is 0 Å². The second-order valence-electron chi connectivity index (χ2n) is 4.29. The predicted octanol–water partition coefficient (Wildman–Crippen LogP) is 0.935.